The lowest BCUT2D eigenvalue weighted by atomic mass is 9.97. The Kier molecular flexibility index (Phi) is 15.2. The Balaban J connectivity index is 2.10. The fourth-order valence-electron chi connectivity index (χ4n) is 3.86. The summed E-state index contributed by atoms with van der Waals surface area (Å²) in [4.78, 5) is 11.6. The quantitative estimate of drug-likeness (QED) is 0.182. The molecule has 0 spiro atoms. The molecule has 0 saturated heterocycles. The van der Waals surface area contributed by atoms with Crippen LogP contribution in [0.25, 0.3) is 5.57 Å². The van der Waals surface area contributed by atoms with Gasteiger partial charge in [0.25, 0.3) is 0 Å². The first-order chi connectivity index (χ1) is 14.2. The highest BCUT2D eigenvalue weighted by Crippen LogP contribution is 2.24. The Bertz CT molecular complexity index is 556. The fourth-order valence-corrected chi connectivity index (χ4v) is 3.86. The molecule has 0 aliphatic rings. The molecule has 1 aromatic carbocycles. The standard InChI is InChI=1S/C27H44O2/c1-4-5-6-7-8-9-10-11-12-13-14-15-16-17-18-26(23-24(2)28)25-19-21-27(29-3)22-20-25/h19-23H,4-18H2,1-3H3. The van der Waals surface area contributed by atoms with Gasteiger partial charge in [-0.3, -0.25) is 4.79 Å². The Morgan fingerprint density at radius 3 is 1.62 bits per heavy atom. The second-order valence-corrected chi connectivity index (χ2v) is 8.35. The first-order valence-corrected chi connectivity index (χ1v) is 12.0. The third-order valence-electron chi connectivity index (χ3n) is 5.64. The van der Waals surface area contributed by atoms with Gasteiger partial charge in [-0.15, -0.1) is 0 Å². The second kappa shape index (κ2) is 17.3. The molecule has 29 heavy (non-hydrogen) atoms. The number of hydrogen-bond acceptors (Lipinski definition) is 2. The van der Waals surface area contributed by atoms with E-state index in [1.54, 1.807) is 20.1 Å². The summed E-state index contributed by atoms with van der Waals surface area (Å²) in [6, 6.07) is 8.04. The molecule has 0 bridgehead atoms. The van der Waals surface area contributed by atoms with Gasteiger partial charge in [-0.25, -0.2) is 0 Å². The maximum absolute atomic E-state index is 11.6. The molecule has 0 amide bonds. The molecule has 0 aliphatic carbocycles. The van der Waals surface area contributed by atoms with E-state index in [1.807, 2.05) is 12.1 Å². The van der Waals surface area contributed by atoms with Crippen LogP contribution in [-0.4, -0.2) is 12.9 Å². The van der Waals surface area contributed by atoms with Crippen LogP contribution >= 0.6 is 0 Å². The van der Waals surface area contributed by atoms with E-state index >= 15 is 0 Å². The van der Waals surface area contributed by atoms with Gasteiger partial charge in [-0.05, 0) is 49.1 Å². The van der Waals surface area contributed by atoms with Crippen LogP contribution in [0.3, 0.4) is 0 Å². The van der Waals surface area contributed by atoms with Crippen molar-refractivity contribution in [3.05, 3.63) is 35.9 Å². The van der Waals surface area contributed by atoms with Crippen molar-refractivity contribution in [3.63, 3.8) is 0 Å². The van der Waals surface area contributed by atoms with Crippen molar-refractivity contribution in [2.75, 3.05) is 7.11 Å². The molecule has 0 radical (unpaired) electrons. The van der Waals surface area contributed by atoms with E-state index in [1.165, 1.54) is 83.5 Å². The van der Waals surface area contributed by atoms with Crippen LogP contribution < -0.4 is 4.74 Å². The van der Waals surface area contributed by atoms with Crippen molar-refractivity contribution < 1.29 is 9.53 Å². The molecule has 0 N–H and O–H groups in total. The van der Waals surface area contributed by atoms with Crippen LogP contribution in [0, 0.1) is 0 Å². The van der Waals surface area contributed by atoms with E-state index in [-0.39, 0.29) is 5.78 Å². The molecule has 2 nitrogen and oxygen atoms in total. The molecule has 0 aromatic heterocycles. The summed E-state index contributed by atoms with van der Waals surface area (Å²) in [6.07, 6.45) is 21.9. The second-order valence-electron chi connectivity index (χ2n) is 8.35. The van der Waals surface area contributed by atoms with Crippen molar-refractivity contribution >= 4 is 11.4 Å². The molecule has 2 heteroatoms. The number of rotatable bonds is 18. The largest absolute Gasteiger partial charge is 0.497 e. The third-order valence-corrected chi connectivity index (χ3v) is 5.64. The van der Waals surface area contributed by atoms with E-state index in [2.05, 4.69) is 19.1 Å². The van der Waals surface area contributed by atoms with Gasteiger partial charge in [-0.1, -0.05) is 103 Å². The van der Waals surface area contributed by atoms with Gasteiger partial charge in [0.05, 0.1) is 7.11 Å². The average Bonchev–Trinajstić information content (AvgIpc) is 2.73. The summed E-state index contributed by atoms with van der Waals surface area (Å²) >= 11 is 0. The van der Waals surface area contributed by atoms with E-state index in [4.69, 9.17) is 4.74 Å². The first-order valence-electron chi connectivity index (χ1n) is 12.0. The highest BCUT2D eigenvalue weighted by molar-refractivity contribution is 5.95. The fraction of sp³-hybridized carbons (Fsp3) is 0.667. The molecular weight excluding hydrogens is 356 g/mol. The van der Waals surface area contributed by atoms with E-state index in [0.29, 0.717) is 0 Å². The van der Waals surface area contributed by atoms with Crippen molar-refractivity contribution in [2.45, 2.75) is 110 Å². The highest BCUT2D eigenvalue weighted by Gasteiger charge is 2.04. The number of carbonyl (C=O) groups excluding carboxylic acids is 1. The molecule has 0 aliphatic heterocycles. The number of ketones is 1. The molecular formula is C27H44O2. The van der Waals surface area contributed by atoms with Gasteiger partial charge in [0.1, 0.15) is 5.75 Å². The maximum atomic E-state index is 11.6. The minimum Gasteiger partial charge on any atom is -0.497 e. The van der Waals surface area contributed by atoms with Gasteiger partial charge in [0, 0.05) is 0 Å². The predicted molar refractivity (Wildman–Crippen MR) is 127 cm³/mol. The zero-order valence-corrected chi connectivity index (χ0v) is 19.3. The van der Waals surface area contributed by atoms with Gasteiger partial charge >= 0.3 is 0 Å². The SMILES string of the molecule is CCCCCCCCCCCCCCCCC(=CC(C)=O)c1ccc(OC)cc1. The van der Waals surface area contributed by atoms with Crippen LogP contribution in [0.2, 0.25) is 0 Å². The Morgan fingerprint density at radius 2 is 1.21 bits per heavy atom. The molecule has 1 aromatic rings. The van der Waals surface area contributed by atoms with Crippen LogP contribution in [0.4, 0.5) is 0 Å². The normalized spacial score (nSPS) is 11.6. The lowest BCUT2D eigenvalue weighted by molar-refractivity contribution is -0.112. The van der Waals surface area contributed by atoms with Crippen LogP contribution in [0.15, 0.2) is 30.3 Å². The van der Waals surface area contributed by atoms with E-state index in [9.17, 15) is 4.79 Å². The lowest BCUT2D eigenvalue weighted by Crippen LogP contribution is -1.92. The number of methoxy groups -OCH3 is 1. The summed E-state index contributed by atoms with van der Waals surface area (Å²) in [7, 11) is 1.68. The van der Waals surface area contributed by atoms with Gasteiger partial charge in [-0.2, -0.15) is 0 Å². The van der Waals surface area contributed by atoms with Crippen molar-refractivity contribution in [2.24, 2.45) is 0 Å². The van der Waals surface area contributed by atoms with Gasteiger partial charge in [0.15, 0.2) is 5.78 Å². The molecule has 1 rings (SSSR count). The van der Waals surface area contributed by atoms with Crippen molar-refractivity contribution in [1.29, 1.82) is 0 Å². The van der Waals surface area contributed by atoms with Gasteiger partial charge < -0.3 is 4.74 Å². The summed E-state index contributed by atoms with van der Waals surface area (Å²) in [6.45, 7) is 3.91. The monoisotopic (exact) mass is 400 g/mol. The molecule has 0 saturated carbocycles. The smallest absolute Gasteiger partial charge is 0.152 e. The van der Waals surface area contributed by atoms with Crippen LogP contribution in [0.5, 0.6) is 5.75 Å². The zero-order chi connectivity index (χ0) is 21.2. The molecule has 0 heterocycles. The summed E-state index contributed by atoms with van der Waals surface area (Å²) in [5.74, 6) is 0.980. The lowest BCUT2D eigenvalue weighted by Gasteiger charge is -2.09. The van der Waals surface area contributed by atoms with Crippen LogP contribution in [-0.2, 0) is 4.79 Å². The minimum absolute atomic E-state index is 0.126. The number of allylic oxidation sites excluding steroid dienone is 2. The number of ether oxygens (including phenoxy) is 1. The predicted octanol–water partition coefficient (Wildman–Crippen LogP) is 8.54. The molecule has 0 fully saturated rings. The minimum atomic E-state index is 0.126. The van der Waals surface area contributed by atoms with E-state index < -0.39 is 0 Å². The Labute approximate surface area is 180 Å². The summed E-state index contributed by atoms with van der Waals surface area (Å²) in [5, 5.41) is 0. The van der Waals surface area contributed by atoms with Crippen LogP contribution in [0.1, 0.15) is 116 Å². The first kappa shape index (κ1) is 25.5. The van der Waals surface area contributed by atoms with Crippen molar-refractivity contribution in [3.8, 4) is 5.75 Å². The number of benzene rings is 1. The van der Waals surface area contributed by atoms with Crippen molar-refractivity contribution in [1.82, 2.24) is 0 Å². The third kappa shape index (κ3) is 13.3. The average molecular weight is 401 g/mol. The molecule has 0 atom stereocenters. The van der Waals surface area contributed by atoms with E-state index in [0.717, 1.165) is 29.7 Å². The molecule has 0 unspecified atom stereocenters. The Hall–Kier alpha value is -1.57. The number of hydrogen-bond donors (Lipinski definition) is 0. The molecule has 164 valence electrons. The maximum Gasteiger partial charge on any atom is 0.152 e. The Morgan fingerprint density at radius 1 is 0.759 bits per heavy atom. The summed E-state index contributed by atoms with van der Waals surface area (Å²) in [5.41, 5.74) is 2.29. The topological polar surface area (TPSA) is 26.3 Å². The number of unbranched alkanes of at least 4 members (excludes halogenated alkanes) is 13. The number of carbonyl (C=O) groups is 1. The van der Waals surface area contributed by atoms with Gasteiger partial charge in [0.2, 0.25) is 0 Å². The highest BCUT2D eigenvalue weighted by atomic mass is 16.5. The summed E-state index contributed by atoms with van der Waals surface area (Å²) < 4.78 is 5.23. The zero-order valence-electron chi connectivity index (χ0n) is 19.3.